The summed E-state index contributed by atoms with van der Waals surface area (Å²) in [4.78, 5) is 17.1. The summed E-state index contributed by atoms with van der Waals surface area (Å²) in [6.45, 7) is 0. The van der Waals surface area contributed by atoms with Crippen LogP contribution in [0.15, 0.2) is 188 Å². The van der Waals surface area contributed by atoms with Crippen LogP contribution in [-0.2, 0) is 0 Å². The Balaban J connectivity index is 1.23. The topological polar surface area (TPSA) is 46.8 Å². The second-order valence-corrected chi connectivity index (χ2v) is 13.7. The zero-order valence-corrected chi connectivity index (χ0v) is 29.1. The van der Waals surface area contributed by atoms with Gasteiger partial charge in [-0.1, -0.05) is 103 Å². The van der Waals surface area contributed by atoms with Crippen LogP contribution < -0.4 is 4.90 Å². The minimum Gasteiger partial charge on any atom is -0.294 e. The van der Waals surface area contributed by atoms with Crippen LogP contribution in [0.5, 0.6) is 0 Å². The minimum absolute atomic E-state index is 0.857. The molecule has 0 aliphatic carbocycles. The Labute approximate surface area is 312 Å². The van der Waals surface area contributed by atoms with Gasteiger partial charge in [0.2, 0.25) is 0 Å². The highest BCUT2D eigenvalue weighted by Crippen LogP contribution is 2.53. The molecule has 0 radical (unpaired) electrons. The highest BCUT2D eigenvalue weighted by Gasteiger charge is 2.29. The molecule has 0 amide bonds. The van der Waals surface area contributed by atoms with Crippen molar-refractivity contribution in [3.8, 4) is 50.5 Å². The molecule has 11 rings (SSSR count). The Hall–Kier alpha value is -7.37. The van der Waals surface area contributed by atoms with E-state index in [0.29, 0.717) is 0 Å². The maximum atomic E-state index is 5.04. The minimum atomic E-state index is 0.857. The summed E-state index contributed by atoms with van der Waals surface area (Å²) in [5, 5.41) is 4.70. The lowest BCUT2D eigenvalue weighted by Gasteiger charge is -2.33. The van der Waals surface area contributed by atoms with E-state index in [9.17, 15) is 0 Å². The molecule has 4 aromatic heterocycles. The van der Waals surface area contributed by atoms with Crippen LogP contribution >= 0.6 is 0 Å². The fourth-order valence-electron chi connectivity index (χ4n) is 8.21. The van der Waals surface area contributed by atoms with Crippen LogP contribution in [0.25, 0.3) is 83.0 Å². The molecular formula is C49H31N5. The first-order valence-electron chi connectivity index (χ1n) is 18.2. The molecule has 0 N–H and O–H groups in total. The Morgan fingerprint density at radius 1 is 0.370 bits per heavy atom. The van der Waals surface area contributed by atoms with Crippen LogP contribution in [0.1, 0.15) is 0 Å². The predicted molar refractivity (Wildman–Crippen MR) is 222 cm³/mol. The number of pyridine rings is 3. The molecule has 54 heavy (non-hydrogen) atoms. The maximum Gasteiger partial charge on any atom is 0.138 e. The van der Waals surface area contributed by atoms with E-state index in [-0.39, 0.29) is 0 Å². The number of hydrogen-bond acceptors (Lipinski definition) is 4. The van der Waals surface area contributed by atoms with Gasteiger partial charge >= 0.3 is 0 Å². The average Bonchev–Trinajstić information content (AvgIpc) is 3.57. The molecule has 5 heteroatoms. The third-order valence-corrected chi connectivity index (χ3v) is 10.7. The number of rotatable bonds is 5. The van der Waals surface area contributed by atoms with Gasteiger partial charge in [-0.2, -0.15) is 0 Å². The van der Waals surface area contributed by atoms with Gasteiger partial charge in [0.15, 0.2) is 0 Å². The SMILES string of the molecule is c1ccc(-c2ccnc(N3c4cc5c(cc4-c4cccc6cccc3c46)c3cc(-c4ccccn4)ccc3n5-c3cc(-c4ccccc4)ccn3)c2)cc1. The largest absolute Gasteiger partial charge is 0.294 e. The molecule has 6 aromatic carbocycles. The predicted octanol–water partition coefficient (Wildman–Crippen LogP) is 12.6. The van der Waals surface area contributed by atoms with Gasteiger partial charge in [0, 0.05) is 45.9 Å². The van der Waals surface area contributed by atoms with E-state index in [0.717, 1.165) is 83.9 Å². The molecule has 0 bridgehead atoms. The smallest absolute Gasteiger partial charge is 0.138 e. The normalized spacial score (nSPS) is 12.0. The van der Waals surface area contributed by atoms with Crippen LogP contribution in [0.3, 0.4) is 0 Å². The number of anilines is 3. The molecule has 0 atom stereocenters. The summed E-state index contributed by atoms with van der Waals surface area (Å²) in [6.07, 6.45) is 5.69. The van der Waals surface area contributed by atoms with E-state index in [1.54, 1.807) is 0 Å². The Kier molecular flexibility index (Phi) is 6.79. The Morgan fingerprint density at radius 3 is 1.80 bits per heavy atom. The number of aromatic nitrogens is 4. The highest BCUT2D eigenvalue weighted by atomic mass is 15.2. The molecule has 0 unspecified atom stereocenters. The van der Waals surface area contributed by atoms with Crippen LogP contribution in [-0.4, -0.2) is 19.5 Å². The summed E-state index contributed by atoms with van der Waals surface area (Å²) in [6, 6.07) is 60.2. The zero-order chi connectivity index (χ0) is 35.6. The van der Waals surface area contributed by atoms with Crippen molar-refractivity contribution in [2.45, 2.75) is 0 Å². The molecule has 5 nitrogen and oxygen atoms in total. The van der Waals surface area contributed by atoms with E-state index in [1.165, 1.54) is 16.3 Å². The summed E-state index contributed by atoms with van der Waals surface area (Å²) in [7, 11) is 0. The fraction of sp³-hybridized carbons (Fsp3) is 0. The van der Waals surface area contributed by atoms with Crippen molar-refractivity contribution in [1.29, 1.82) is 0 Å². The summed E-state index contributed by atoms with van der Waals surface area (Å²) < 4.78 is 2.31. The molecule has 252 valence electrons. The van der Waals surface area contributed by atoms with Crippen molar-refractivity contribution in [3.63, 3.8) is 0 Å². The van der Waals surface area contributed by atoms with Crippen LogP contribution in [0.2, 0.25) is 0 Å². The first kappa shape index (κ1) is 30.3. The Morgan fingerprint density at radius 2 is 1.06 bits per heavy atom. The lowest BCUT2D eigenvalue weighted by molar-refractivity contribution is 1.08. The lowest BCUT2D eigenvalue weighted by Crippen LogP contribution is -2.16. The van der Waals surface area contributed by atoms with Crippen molar-refractivity contribution < 1.29 is 0 Å². The van der Waals surface area contributed by atoms with Gasteiger partial charge < -0.3 is 0 Å². The monoisotopic (exact) mass is 689 g/mol. The second-order valence-electron chi connectivity index (χ2n) is 13.7. The second kappa shape index (κ2) is 12.1. The van der Waals surface area contributed by atoms with Crippen molar-refractivity contribution in [2.75, 3.05) is 4.90 Å². The van der Waals surface area contributed by atoms with E-state index >= 15 is 0 Å². The summed E-state index contributed by atoms with van der Waals surface area (Å²) in [5.41, 5.74) is 13.2. The molecule has 0 saturated heterocycles. The molecular weight excluding hydrogens is 659 g/mol. The molecule has 0 saturated carbocycles. The van der Waals surface area contributed by atoms with Crippen molar-refractivity contribution in [1.82, 2.24) is 19.5 Å². The highest BCUT2D eigenvalue weighted by molar-refractivity contribution is 6.19. The van der Waals surface area contributed by atoms with Gasteiger partial charge in [0.05, 0.1) is 28.1 Å². The molecule has 1 aliphatic heterocycles. The van der Waals surface area contributed by atoms with Gasteiger partial charge in [-0.15, -0.1) is 0 Å². The quantitative estimate of drug-likeness (QED) is 0.180. The fourth-order valence-corrected chi connectivity index (χ4v) is 8.21. The lowest BCUT2D eigenvalue weighted by atomic mass is 9.90. The van der Waals surface area contributed by atoms with Gasteiger partial charge in [0.25, 0.3) is 0 Å². The van der Waals surface area contributed by atoms with Gasteiger partial charge in [-0.3, -0.25) is 14.5 Å². The maximum absolute atomic E-state index is 5.04. The van der Waals surface area contributed by atoms with Crippen molar-refractivity contribution in [3.05, 3.63) is 188 Å². The van der Waals surface area contributed by atoms with Gasteiger partial charge in [0.1, 0.15) is 11.6 Å². The third kappa shape index (κ3) is 4.76. The van der Waals surface area contributed by atoms with Gasteiger partial charge in [-0.25, -0.2) is 9.97 Å². The average molecular weight is 690 g/mol. The number of hydrogen-bond donors (Lipinski definition) is 0. The van der Waals surface area contributed by atoms with E-state index in [2.05, 4.69) is 167 Å². The first-order chi connectivity index (χ1) is 26.8. The van der Waals surface area contributed by atoms with E-state index in [1.807, 2.05) is 30.7 Å². The number of fused-ring (bicyclic) bond motifs is 5. The van der Waals surface area contributed by atoms with E-state index in [4.69, 9.17) is 15.0 Å². The van der Waals surface area contributed by atoms with Crippen molar-refractivity contribution >= 4 is 49.8 Å². The number of nitrogens with zero attached hydrogens (tertiary/aromatic N) is 5. The van der Waals surface area contributed by atoms with Crippen LogP contribution in [0.4, 0.5) is 17.2 Å². The third-order valence-electron chi connectivity index (χ3n) is 10.7. The first-order valence-corrected chi connectivity index (χ1v) is 18.2. The Bertz CT molecular complexity index is 3040. The zero-order valence-electron chi connectivity index (χ0n) is 29.1. The van der Waals surface area contributed by atoms with Gasteiger partial charge in [-0.05, 0) is 99.9 Å². The number of benzene rings is 6. The summed E-state index contributed by atoms with van der Waals surface area (Å²) in [5.74, 6) is 1.72. The summed E-state index contributed by atoms with van der Waals surface area (Å²) >= 11 is 0. The molecule has 1 aliphatic rings. The molecule has 5 heterocycles. The molecule has 0 spiro atoms. The van der Waals surface area contributed by atoms with Crippen LogP contribution in [0, 0.1) is 0 Å². The van der Waals surface area contributed by atoms with E-state index < -0.39 is 0 Å². The van der Waals surface area contributed by atoms with Crippen molar-refractivity contribution in [2.24, 2.45) is 0 Å². The molecule has 10 aromatic rings. The standard InChI is InChI=1S/C49H31N5/c1-3-11-32(12-4-1)35-22-25-51-47(28-35)53-43-21-20-37(42-18-7-8-24-50-42)27-39(43)41-30-40-38-17-9-15-34-16-10-19-44(49(34)38)54(45(40)31-46(41)53)48-29-36(23-26-52-48)33-13-5-2-6-14-33/h1-31H. The molecule has 0 fully saturated rings.